The number of rotatable bonds is 4. The quantitative estimate of drug-likeness (QED) is 0.832. The van der Waals surface area contributed by atoms with E-state index in [1.807, 2.05) is 9.47 Å². The Bertz CT molecular complexity index is 959. The SMILES string of the molecule is CC(=O)Nc1cccc(NC(=O)c2nc(C(=O)N3CCCC3)n3c2CCCC3)c1. The van der Waals surface area contributed by atoms with Crippen molar-refractivity contribution in [1.82, 2.24) is 14.5 Å². The second kappa shape index (κ2) is 8.06. The van der Waals surface area contributed by atoms with Gasteiger partial charge in [-0.1, -0.05) is 6.07 Å². The van der Waals surface area contributed by atoms with Gasteiger partial charge in [-0.2, -0.15) is 0 Å². The summed E-state index contributed by atoms with van der Waals surface area (Å²) >= 11 is 0. The number of fused-ring (bicyclic) bond motifs is 1. The van der Waals surface area contributed by atoms with Gasteiger partial charge in [0.15, 0.2) is 11.5 Å². The lowest BCUT2D eigenvalue weighted by atomic mass is 10.1. The van der Waals surface area contributed by atoms with E-state index < -0.39 is 0 Å². The number of hydrogen-bond acceptors (Lipinski definition) is 4. The fraction of sp³-hybridized carbons (Fsp3) is 0.429. The Morgan fingerprint density at radius 1 is 0.966 bits per heavy atom. The van der Waals surface area contributed by atoms with Crippen molar-refractivity contribution in [3.05, 3.63) is 41.5 Å². The van der Waals surface area contributed by atoms with Gasteiger partial charge in [-0.25, -0.2) is 4.98 Å². The van der Waals surface area contributed by atoms with Gasteiger partial charge in [0.05, 0.1) is 5.69 Å². The Morgan fingerprint density at radius 3 is 2.38 bits per heavy atom. The van der Waals surface area contributed by atoms with Crippen LogP contribution in [0.4, 0.5) is 11.4 Å². The number of carbonyl (C=O) groups excluding carboxylic acids is 3. The van der Waals surface area contributed by atoms with Crippen LogP contribution in [0.2, 0.25) is 0 Å². The van der Waals surface area contributed by atoms with Crippen LogP contribution in [-0.4, -0.2) is 45.3 Å². The number of nitrogens with zero attached hydrogens (tertiary/aromatic N) is 3. The summed E-state index contributed by atoms with van der Waals surface area (Å²) in [6.07, 6.45) is 4.70. The van der Waals surface area contributed by atoms with Crippen LogP contribution in [0.15, 0.2) is 24.3 Å². The highest BCUT2D eigenvalue weighted by Crippen LogP contribution is 2.24. The first-order valence-corrected chi connectivity index (χ1v) is 10.1. The Labute approximate surface area is 169 Å². The largest absolute Gasteiger partial charge is 0.336 e. The highest BCUT2D eigenvalue weighted by atomic mass is 16.2. The molecule has 2 aliphatic rings. The third kappa shape index (κ3) is 4.01. The molecule has 2 N–H and O–H groups in total. The van der Waals surface area contributed by atoms with Crippen molar-refractivity contribution in [3.8, 4) is 0 Å². The number of aromatic nitrogens is 2. The Balaban J connectivity index is 1.60. The molecular weight excluding hydrogens is 370 g/mol. The van der Waals surface area contributed by atoms with E-state index in [0.29, 0.717) is 29.4 Å². The van der Waals surface area contributed by atoms with E-state index in [9.17, 15) is 14.4 Å². The summed E-state index contributed by atoms with van der Waals surface area (Å²) in [6, 6.07) is 6.95. The third-order valence-corrected chi connectivity index (χ3v) is 5.36. The summed E-state index contributed by atoms with van der Waals surface area (Å²) in [5.74, 6) is -0.228. The minimum Gasteiger partial charge on any atom is -0.336 e. The Hall–Kier alpha value is -3.16. The first kappa shape index (κ1) is 19.2. The molecule has 152 valence electrons. The smallest absolute Gasteiger partial charge is 0.289 e. The van der Waals surface area contributed by atoms with Gasteiger partial charge in [0, 0.05) is 37.9 Å². The minimum atomic E-state index is -0.337. The molecule has 4 rings (SSSR count). The Kier molecular flexibility index (Phi) is 5.33. The number of hydrogen-bond donors (Lipinski definition) is 2. The first-order valence-electron chi connectivity index (χ1n) is 10.1. The molecule has 0 atom stereocenters. The van der Waals surface area contributed by atoms with E-state index in [1.54, 1.807) is 24.3 Å². The van der Waals surface area contributed by atoms with E-state index in [-0.39, 0.29) is 17.7 Å². The molecule has 29 heavy (non-hydrogen) atoms. The molecule has 1 saturated heterocycles. The van der Waals surface area contributed by atoms with Crippen molar-refractivity contribution in [2.75, 3.05) is 23.7 Å². The summed E-state index contributed by atoms with van der Waals surface area (Å²) in [5.41, 5.74) is 2.31. The van der Waals surface area contributed by atoms with Crippen LogP contribution >= 0.6 is 0 Å². The van der Waals surface area contributed by atoms with Gasteiger partial charge in [-0.15, -0.1) is 0 Å². The number of likely N-dealkylation sites (tertiary alicyclic amines) is 1. The summed E-state index contributed by atoms with van der Waals surface area (Å²) in [6.45, 7) is 3.64. The maximum absolute atomic E-state index is 13.0. The monoisotopic (exact) mass is 395 g/mol. The highest BCUT2D eigenvalue weighted by Gasteiger charge is 2.30. The zero-order chi connectivity index (χ0) is 20.4. The van der Waals surface area contributed by atoms with Crippen molar-refractivity contribution in [2.24, 2.45) is 0 Å². The standard InChI is InChI=1S/C21H25N5O3/c1-14(27)22-15-7-6-8-16(13-15)23-20(28)18-17-9-2-3-12-26(17)19(24-18)21(29)25-10-4-5-11-25/h6-8,13H,2-5,9-12H2,1H3,(H,22,27)(H,23,28). The molecule has 1 aromatic heterocycles. The van der Waals surface area contributed by atoms with Crippen LogP contribution in [0.1, 0.15) is 59.4 Å². The molecular formula is C21H25N5O3. The normalized spacial score (nSPS) is 15.7. The van der Waals surface area contributed by atoms with Crippen LogP contribution in [0, 0.1) is 0 Å². The van der Waals surface area contributed by atoms with E-state index in [1.165, 1.54) is 6.92 Å². The van der Waals surface area contributed by atoms with Crippen molar-refractivity contribution in [1.29, 1.82) is 0 Å². The molecule has 2 aromatic rings. The molecule has 3 heterocycles. The highest BCUT2D eigenvalue weighted by molar-refractivity contribution is 6.05. The van der Waals surface area contributed by atoms with Gasteiger partial charge in [-0.3, -0.25) is 14.4 Å². The van der Waals surface area contributed by atoms with Gasteiger partial charge in [0.25, 0.3) is 11.8 Å². The molecule has 1 fully saturated rings. The van der Waals surface area contributed by atoms with E-state index in [4.69, 9.17) is 0 Å². The molecule has 0 unspecified atom stereocenters. The topological polar surface area (TPSA) is 96.3 Å². The number of amides is 3. The molecule has 1 aromatic carbocycles. The number of imidazole rings is 1. The van der Waals surface area contributed by atoms with Crippen LogP contribution in [0.5, 0.6) is 0 Å². The van der Waals surface area contributed by atoms with E-state index >= 15 is 0 Å². The van der Waals surface area contributed by atoms with Gasteiger partial charge >= 0.3 is 0 Å². The van der Waals surface area contributed by atoms with Gasteiger partial charge in [-0.05, 0) is 50.3 Å². The second-order valence-corrected chi connectivity index (χ2v) is 7.55. The number of benzene rings is 1. The summed E-state index contributed by atoms with van der Waals surface area (Å²) < 4.78 is 1.92. The molecule has 0 saturated carbocycles. The lowest BCUT2D eigenvalue weighted by Crippen LogP contribution is -2.31. The molecule has 0 aliphatic carbocycles. The zero-order valence-electron chi connectivity index (χ0n) is 16.5. The number of anilines is 2. The molecule has 3 amide bonds. The van der Waals surface area contributed by atoms with Crippen molar-refractivity contribution in [3.63, 3.8) is 0 Å². The van der Waals surface area contributed by atoms with Crippen LogP contribution in [-0.2, 0) is 17.8 Å². The predicted molar refractivity (Wildman–Crippen MR) is 109 cm³/mol. The lowest BCUT2D eigenvalue weighted by Gasteiger charge is -2.19. The lowest BCUT2D eigenvalue weighted by molar-refractivity contribution is -0.114. The number of carbonyl (C=O) groups is 3. The van der Waals surface area contributed by atoms with Gasteiger partial charge < -0.3 is 20.1 Å². The van der Waals surface area contributed by atoms with Crippen LogP contribution in [0.25, 0.3) is 0 Å². The maximum atomic E-state index is 13.0. The molecule has 8 heteroatoms. The molecule has 0 spiro atoms. The second-order valence-electron chi connectivity index (χ2n) is 7.55. The molecule has 8 nitrogen and oxygen atoms in total. The summed E-state index contributed by atoms with van der Waals surface area (Å²) in [5, 5.41) is 5.55. The van der Waals surface area contributed by atoms with Crippen molar-refractivity contribution in [2.45, 2.75) is 45.6 Å². The van der Waals surface area contributed by atoms with E-state index in [0.717, 1.165) is 50.9 Å². The van der Waals surface area contributed by atoms with Gasteiger partial charge in [0.2, 0.25) is 5.91 Å². The predicted octanol–water partition coefficient (Wildman–Crippen LogP) is 2.67. The molecule has 0 bridgehead atoms. The average molecular weight is 395 g/mol. The zero-order valence-corrected chi connectivity index (χ0v) is 16.5. The first-order chi connectivity index (χ1) is 14.0. The third-order valence-electron chi connectivity index (χ3n) is 5.36. The fourth-order valence-electron chi connectivity index (χ4n) is 4.02. The summed E-state index contributed by atoms with van der Waals surface area (Å²) in [7, 11) is 0. The fourth-order valence-corrected chi connectivity index (χ4v) is 4.02. The minimum absolute atomic E-state index is 0.0858. The molecule has 0 radical (unpaired) electrons. The van der Waals surface area contributed by atoms with Crippen molar-refractivity contribution < 1.29 is 14.4 Å². The summed E-state index contributed by atoms with van der Waals surface area (Å²) in [4.78, 5) is 43.5. The maximum Gasteiger partial charge on any atom is 0.289 e. The number of nitrogens with one attached hydrogen (secondary N) is 2. The van der Waals surface area contributed by atoms with Crippen LogP contribution < -0.4 is 10.6 Å². The van der Waals surface area contributed by atoms with Crippen molar-refractivity contribution >= 4 is 29.1 Å². The van der Waals surface area contributed by atoms with Gasteiger partial charge in [0.1, 0.15) is 0 Å². The average Bonchev–Trinajstić information content (AvgIpc) is 3.36. The molecule has 2 aliphatic heterocycles. The van der Waals surface area contributed by atoms with E-state index in [2.05, 4.69) is 15.6 Å². The van der Waals surface area contributed by atoms with Crippen LogP contribution in [0.3, 0.4) is 0 Å². The Morgan fingerprint density at radius 2 is 1.66 bits per heavy atom.